The van der Waals surface area contributed by atoms with E-state index in [1.165, 1.54) is 0 Å². The summed E-state index contributed by atoms with van der Waals surface area (Å²) in [6, 6.07) is 9.93. The van der Waals surface area contributed by atoms with Crippen LogP contribution >= 0.6 is 8.38 Å². The van der Waals surface area contributed by atoms with Crippen molar-refractivity contribution in [1.29, 1.82) is 0 Å². The number of hydrogen-bond acceptors (Lipinski definition) is 2. The third-order valence-corrected chi connectivity index (χ3v) is 2.80. The van der Waals surface area contributed by atoms with Crippen molar-refractivity contribution < 1.29 is 9.42 Å². The van der Waals surface area contributed by atoms with Crippen molar-refractivity contribution in [3.8, 4) is 0 Å². The van der Waals surface area contributed by atoms with E-state index in [1.807, 2.05) is 30.3 Å². The Morgan fingerprint density at radius 2 is 1.93 bits per heavy atom. The summed E-state index contributed by atoms with van der Waals surface area (Å²) in [4.78, 5) is 9.59. The maximum absolute atomic E-state index is 9.59. The normalized spacial score (nSPS) is 13.1. The molecule has 0 amide bonds. The summed E-state index contributed by atoms with van der Waals surface area (Å²) in [5.41, 5.74) is 1.13. The molecule has 1 rings (SSSR count). The molecular weight excluding hydrogens is 195 g/mol. The van der Waals surface area contributed by atoms with E-state index < -0.39 is 8.38 Å². The quantitative estimate of drug-likeness (QED) is 0.759. The molecule has 78 valence electrons. The van der Waals surface area contributed by atoms with Gasteiger partial charge in [-0.3, -0.25) is 0 Å². The molecule has 1 atom stereocenters. The molecule has 0 aliphatic heterocycles. The second-order valence-corrected chi connectivity index (χ2v) is 4.96. The Balaban J connectivity index is 2.30. The molecule has 2 nitrogen and oxygen atoms in total. The highest BCUT2D eigenvalue weighted by Gasteiger charge is 2.06. The Hall–Kier alpha value is -0.430. The Morgan fingerprint density at radius 1 is 1.29 bits per heavy atom. The van der Waals surface area contributed by atoms with E-state index in [1.54, 1.807) is 0 Å². The fourth-order valence-electron chi connectivity index (χ4n) is 1.02. The van der Waals surface area contributed by atoms with Crippen LogP contribution in [-0.2, 0) is 10.7 Å². The van der Waals surface area contributed by atoms with E-state index in [-0.39, 0.29) is 0 Å². The molecule has 0 saturated carbocycles. The molecule has 0 heterocycles. The van der Waals surface area contributed by atoms with Crippen LogP contribution in [-0.4, -0.2) is 11.5 Å². The third-order valence-electron chi connectivity index (χ3n) is 1.72. The average molecular weight is 212 g/mol. The van der Waals surface area contributed by atoms with Gasteiger partial charge >= 0.3 is 0 Å². The van der Waals surface area contributed by atoms with Crippen molar-refractivity contribution in [2.75, 3.05) is 6.61 Å². The summed E-state index contributed by atoms with van der Waals surface area (Å²) in [7, 11) is -1.29. The predicted molar refractivity (Wildman–Crippen MR) is 60.1 cm³/mol. The van der Waals surface area contributed by atoms with Crippen molar-refractivity contribution >= 4 is 8.38 Å². The van der Waals surface area contributed by atoms with Gasteiger partial charge in [-0.15, -0.1) is 0 Å². The Labute approximate surface area is 86.8 Å². The molecule has 0 fully saturated rings. The van der Waals surface area contributed by atoms with Crippen LogP contribution in [0.4, 0.5) is 0 Å². The topological polar surface area (TPSA) is 29.5 Å². The van der Waals surface area contributed by atoms with Gasteiger partial charge in [0.25, 0.3) is 0 Å². The van der Waals surface area contributed by atoms with E-state index in [4.69, 9.17) is 4.52 Å². The van der Waals surface area contributed by atoms with Crippen molar-refractivity contribution in [3.05, 3.63) is 35.9 Å². The number of rotatable bonds is 5. The summed E-state index contributed by atoms with van der Waals surface area (Å²) in [5.74, 6) is 0.475. The Kier molecular flexibility index (Phi) is 5.10. The van der Waals surface area contributed by atoms with E-state index in [2.05, 4.69) is 13.8 Å². The van der Waals surface area contributed by atoms with Gasteiger partial charge in [-0.25, -0.2) is 0 Å². The van der Waals surface area contributed by atoms with Crippen LogP contribution in [0.2, 0.25) is 0 Å². The van der Waals surface area contributed by atoms with Crippen LogP contribution in [0.5, 0.6) is 0 Å². The standard InChI is InChI=1S/C11H17O2P/c1-10(2)8-13-14(12)9-11-6-4-3-5-7-11/h3-7,10,12H,8-9H2,1-2H3. The minimum Gasteiger partial charge on any atom is -0.350 e. The maximum Gasteiger partial charge on any atom is 0.172 e. The first-order chi connectivity index (χ1) is 6.68. The first kappa shape index (κ1) is 11.6. The molecule has 0 aliphatic carbocycles. The fourth-order valence-corrected chi connectivity index (χ4v) is 2.11. The highest BCUT2D eigenvalue weighted by molar-refractivity contribution is 7.45. The molecule has 0 aromatic heterocycles. The number of benzene rings is 1. The van der Waals surface area contributed by atoms with Gasteiger partial charge in [0, 0.05) is 6.16 Å². The first-order valence-corrected chi connectivity index (χ1v) is 6.21. The van der Waals surface area contributed by atoms with Gasteiger partial charge in [0.1, 0.15) is 0 Å². The molecule has 1 aromatic rings. The van der Waals surface area contributed by atoms with Crippen LogP contribution in [0.1, 0.15) is 19.4 Å². The molecule has 1 unspecified atom stereocenters. The SMILES string of the molecule is CC(C)COP(O)Cc1ccccc1. The minimum atomic E-state index is -1.29. The summed E-state index contributed by atoms with van der Waals surface area (Å²) < 4.78 is 5.33. The summed E-state index contributed by atoms with van der Waals surface area (Å²) in [6.07, 6.45) is 0.628. The molecular formula is C11H17O2P. The van der Waals surface area contributed by atoms with Crippen LogP contribution in [0.3, 0.4) is 0 Å². The summed E-state index contributed by atoms with van der Waals surface area (Å²) in [5, 5.41) is 0. The van der Waals surface area contributed by atoms with Crippen LogP contribution in [0, 0.1) is 5.92 Å². The Bertz CT molecular complexity index is 249. The van der Waals surface area contributed by atoms with Crippen LogP contribution in [0.25, 0.3) is 0 Å². The van der Waals surface area contributed by atoms with Gasteiger partial charge in [0.15, 0.2) is 8.38 Å². The third kappa shape index (κ3) is 4.71. The lowest BCUT2D eigenvalue weighted by Gasteiger charge is -2.12. The zero-order valence-electron chi connectivity index (χ0n) is 8.68. The molecule has 1 aromatic carbocycles. The van der Waals surface area contributed by atoms with E-state index in [9.17, 15) is 4.89 Å². The highest BCUT2D eigenvalue weighted by atomic mass is 31.2. The smallest absolute Gasteiger partial charge is 0.172 e. The minimum absolute atomic E-state index is 0.475. The molecule has 0 saturated heterocycles. The zero-order chi connectivity index (χ0) is 10.4. The molecule has 1 N–H and O–H groups in total. The van der Waals surface area contributed by atoms with Crippen molar-refractivity contribution in [2.45, 2.75) is 20.0 Å². The molecule has 0 spiro atoms. The Morgan fingerprint density at radius 3 is 2.50 bits per heavy atom. The van der Waals surface area contributed by atoms with Gasteiger partial charge in [-0.05, 0) is 11.5 Å². The van der Waals surface area contributed by atoms with E-state index >= 15 is 0 Å². The maximum atomic E-state index is 9.59. The lowest BCUT2D eigenvalue weighted by molar-refractivity contribution is 0.267. The van der Waals surface area contributed by atoms with Crippen LogP contribution in [0.15, 0.2) is 30.3 Å². The summed E-state index contributed by atoms with van der Waals surface area (Å²) >= 11 is 0. The van der Waals surface area contributed by atoms with E-state index in [0.29, 0.717) is 18.7 Å². The highest BCUT2D eigenvalue weighted by Crippen LogP contribution is 2.36. The second kappa shape index (κ2) is 6.13. The lowest BCUT2D eigenvalue weighted by atomic mass is 10.2. The molecule has 14 heavy (non-hydrogen) atoms. The first-order valence-electron chi connectivity index (χ1n) is 4.81. The van der Waals surface area contributed by atoms with Crippen molar-refractivity contribution in [2.24, 2.45) is 5.92 Å². The second-order valence-electron chi connectivity index (χ2n) is 3.69. The van der Waals surface area contributed by atoms with Crippen molar-refractivity contribution in [1.82, 2.24) is 0 Å². The summed E-state index contributed by atoms with van der Waals surface area (Å²) in [6.45, 7) is 4.78. The molecule has 0 radical (unpaired) electrons. The van der Waals surface area contributed by atoms with Crippen molar-refractivity contribution in [3.63, 3.8) is 0 Å². The van der Waals surface area contributed by atoms with Gasteiger partial charge in [-0.1, -0.05) is 44.2 Å². The largest absolute Gasteiger partial charge is 0.350 e. The van der Waals surface area contributed by atoms with Gasteiger partial charge in [-0.2, -0.15) is 0 Å². The lowest BCUT2D eigenvalue weighted by Crippen LogP contribution is -1.98. The van der Waals surface area contributed by atoms with E-state index in [0.717, 1.165) is 5.56 Å². The van der Waals surface area contributed by atoms with Crippen LogP contribution < -0.4 is 0 Å². The predicted octanol–water partition coefficient (Wildman–Crippen LogP) is 3.16. The zero-order valence-corrected chi connectivity index (χ0v) is 9.58. The fraction of sp³-hybridized carbons (Fsp3) is 0.455. The van der Waals surface area contributed by atoms with Gasteiger partial charge in [0.2, 0.25) is 0 Å². The molecule has 3 heteroatoms. The monoisotopic (exact) mass is 212 g/mol. The number of hydrogen-bond donors (Lipinski definition) is 1. The van der Waals surface area contributed by atoms with Gasteiger partial charge in [0.05, 0.1) is 6.61 Å². The molecule has 0 aliphatic rings. The van der Waals surface area contributed by atoms with Gasteiger partial charge < -0.3 is 9.42 Å². The average Bonchev–Trinajstić information content (AvgIpc) is 2.16. The molecule has 0 bridgehead atoms.